The predicted molar refractivity (Wildman–Crippen MR) is 62.0 cm³/mol. The summed E-state index contributed by atoms with van der Waals surface area (Å²) < 4.78 is 0. The molecule has 0 amide bonds. The second-order valence-electron chi connectivity index (χ2n) is 3.02. The lowest BCUT2D eigenvalue weighted by atomic mass is 10.1. The van der Waals surface area contributed by atoms with Gasteiger partial charge in [0.1, 0.15) is 6.10 Å². The molecule has 5 heteroatoms. The fraction of sp³-hybridized carbons (Fsp3) is 0.100. The van der Waals surface area contributed by atoms with Gasteiger partial charge in [0, 0.05) is 16.8 Å². The topological polar surface area (TPSA) is 59.1 Å². The Bertz CT molecular complexity index is 472. The quantitative estimate of drug-likeness (QED) is 0.848. The molecule has 0 radical (unpaired) electrons. The van der Waals surface area contributed by atoms with Crippen molar-refractivity contribution in [2.24, 2.45) is 0 Å². The largest absolute Gasteiger partial charge is 0.383 e. The van der Waals surface area contributed by atoms with Crippen LogP contribution < -0.4 is 5.73 Å². The van der Waals surface area contributed by atoms with Gasteiger partial charge < -0.3 is 10.8 Å². The number of benzene rings is 1. The van der Waals surface area contributed by atoms with E-state index in [-0.39, 0.29) is 0 Å². The first-order valence-electron chi connectivity index (χ1n) is 4.32. The number of aliphatic hydroxyl groups excluding tert-OH is 1. The van der Waals surface area contributed by atoms with Gasteiger partial charge in [-0.15, -0.1) is 0 Å². The zero-order valence-electron chi connectivity index (χ0n) is 7.72. The van der Waals surface area contributed by atoms with Crippen molar-refractivity contribution in [3.8, 4) is 0 Å². The maximum Gasteiger partial charge on any atom is 0.180 e. The normalized spacial score (nSPS) is 12.7. The number of anilines is 1. The lowest BCUT2D eigenvalue weighted by molar-refractivity contribution is 0.224. The van der Waals surface area contributed by atoms with Gasteiger partial charge in [-0.3, -0.25) is 0 Å². The van der Waals surface area contributed by atoms with Crippen molar-refractivity contribution in [2.45, 2.75) is 6.10 Å². The maximum atomic E-state index is 10.0. The van der Waals surface area contributed by atoms with Crippen LogP contribution in [0.1, 0.15) is 16.5 Å². The summed E-state index contributed by atoms with van der Waals surface area (Å²) in [4.78, 5) is 4.58. The van der Waals surface area contributed by atoms with Gasteiger partial charge in [-0.25, -0.2) is 4.98 Å². The highest BCUT2D eigenvalue weighted by Gasteiger charge is 2.15. The molecule has 1 aromatic carbocycles. The van der Waals surface area contributed by atoms with Gasteiger partial charge in [0.05, 0.1) is 4.88 Å². The van der Waals surface area contributed by atoms with Gasteiger partial charge in [-0.05, 0) is 6.07 Å². The summed E-state index contributed by atoms with van der Waals surface area (Å²) in [6.45, 7) is 0. The highest BCUT2D eigenvalue weighted by atomic mass is 35.5. The molecule has 1 aromatic heterocycles. The van der Waals surface area contributed by atoms with E-state index in [0.717, 1.165) is 0 Å². The van der Waals surface area contributed by atoms with Crippen LogP contribution in [0.2, 0.25) is 5.02 Å². The van der Waals surface area contributed by atoms with Crippen LogP contribution in [0.5, 0.6) is 0 Å². The molecule has 0 aliphatic rings. The molecule has 0 unspecified atom stereocenters. The monoisotopic (exact) mass is 240 g/mol. The van der Waals surface area contributed by atoms with Crippen molar-refractivity contribution in [3.63, 3.8) is 0 Å². The number of nitrogens with zero attached hydrogens (tertiary/aromatic N) is 1. The molecule has 15 heavy (non-hydrogen) atoms. The molecule has 3 N–H and O–H groups in total. The summed E-state index contributed by atoms with van der Waals surface area (Å²) in [6, 6.07) is 7.17. The Labute approximate surface area is 96.2 Å². The van der Waals surface area contributed by atoms with Crippen molar-refractivity contribution in [1.29, 1.82) is 0 Å². The first-order chi connectivity index (χ1) is 7.18. The smallest absolute Gasteiger partial charge is 0.180 e. The third-order valence-electron chi connectivity index (χ3n) is 2.01. The van der Waals surface area contributed by atoms with Crippen LogP contribution in [0.3, 0.4) is 0 Å². The molecule has 0 saturated heterocycles. The Morgan fingerprint density at radius 2 is 2.13 bits per heavy atom. The van der Waals surface area contributed by atoms with Crippen LogP contribution in [-0.2, 0) is 0 Å². The van der Waals surface area contributed by atoms with E-state index in [4.69, 9.17) is 17.3 Å². The summed E-state index contributed by atoms with van der Waals surface area (Å²) in [6.07, 6.45) is 0.807. The van der Waals surface area contributed by atoms with E-state index in [1.54, 1.807) is 18.3 Å². The number of aliphatic hydroxyl groups is 1. The minimum absolute atomic E-state index is 0.441. The third kappa shape index (κ3) is 2.12. The first kappa shape index (κ1) is 10.4. The standard InChI is InChI=1S/C10H9ClN2OS/c11-7-4-2-1-3-6(7)9(14)8-5-13-10(12)15-8/h1-5,9,14H,(H2,12,13)/t9-/m0/s1. The molecule has 1 atom stereocenters. The van der Waals surface area contributed by atoms with Gasteiger partial charge in [-0.2, -0.15) is 0 Å². The predicted octanol–water partition coefficient (Wildman–Crippen LogP) is 2.46. The molecule has 3 nitrogen and oxygen atoms in total. The van der Waals surface area contributed by atoms with E-state index in [1.165, 1.54) is 11.3 Å². The number of nitrogens with two attached hydrogens (primary N) is 1. The van der Waals surface area contributed by atoms with E-state index in [0.29, 0.717) is 20.6 Å². The molecule has 78 valence electrons. The van der Waals surface area contributed by atoms with Crippen molar-refractivity contribution in [3.05, 3.63) is 45.9 Å². The highest BCUT2D eigenvalue weighted by Crippen LogP contribution is 2.31. The fourth-order valence-corrected chi connectivity index (χ4v) is 2.21. The Morgan fingerprint density at radius 1 is 1.40 bits per heavy atom. The Morgan fingerprint density at radius 3 is 2.73 bits per heavy atom. The molecule has 2 aromatic rings. The molecule has 1 heterocycles. The minimum Gasteiger partial charge on any atom is -0.383 e. The summed E-state index contributed by atoms with van der Waals surface area (Å²) in [7, 11) is 0. The maximum absolute atomic E-state index is 10.0. The molecule has 2 rings (SSSR count). The van der Waals surface area contributed by atoms with Gasteiger partial charge in [-0.1, -0.05) is 41.1 Å². The molecule has 0 aliphatic carbocycles. The van der Waals surface area contributed by atoms with Crippen LogP contribution >= 0.6 is 22.9 Å². The number of rotatable bonds is 2. The second-order valence-corrected chi connectivity index (χ2v) is 4.53. The second kappa shape index (κ2) is 4.18. The number of aromatic nitrogens is 1. The Kier molecular flexibility index (Phi) is 2.90. The lowest BCUT2D eigenvalue weighted by Crippen LogP contribution is -1.97. The van der Waals surface area contributed by atoms with Crippen molar-refractivity contribution in [1.82, 2.24) is 4.98 Å². The first-order valence-corrected chi connectivity index (χ1v) is 5.51. The van der Waals surface area contributed by atoms with E-state index >= 15 is 0 Å². The van der Waals surface area contributed by atoms with Crippen molar-refractivity contribution in [2.75, 3.05) is 5.73 Å². The van der Waals surface area contributed by atoms with Gasteiger partial charge in [0.2, 0.25) is 0 Å². The fourth-order valence-electron chi connectivity index (χ4n) is 1.28. The van der Waals surface area contributed by atoms with Gasteiger partial charge >= 0.3 is 0 Å². The van der Waals surface area contributed by atoms with E-state index in [2.05, 4.69) is 4.98 Å². The van der Waals surface area contributed by atoms with Crippen LogP contribution in [0.15, 0.2) is 30.5 Å². The summed E-state index contributed by atoms with van der Waals surface area (Å²) >= 11 is 7.23. The lowest BCUT2D eigenvalue weighted by Gasteiger charge is -2.09. The van der Waals surface area contributed by atoms with Gasteiger partial charge in [0.25, 0.3) is 0 Å². The van der Waals surface area contributed by atoms with Crippen LogP contribution in [0.4, 0.5) is 5.13 Å². The molecule has 0 bridgehead atoms. The average Bonchev–Trinajstić information content (AvgIpc) is 2.65. The SMILES string of the molecule is Nc1ncc([C@@H](O)c2ccccc2Cl)s1. The molecular formula is C10H9ClN2OS. The highest BCUT2D eigenvalue weighted by molar-refractivity contribution is 7.15. The van der Waals surface area contributed by atoms with Crippen molar-refractivity contribution >= 4 is 28.1 Å². The minimum atomic E-state index is -0.756. The van der Waals surface area contributed by atoms with Crippen molar-refractivity contribution < 1.29 is 5.11 Å². The Balaban J connectivity index is 2.36. The Hall–Kier alpha value is -1.10. The van der Waals surface area contributed by atoms with E-state index in [1.807, 2.05) is 12.1 Å². The number of nitrogen functional groups attached to an aromatic ring is 1. The van der Waals surface area contributed by atoms with Crippen LogP contribution in [0, 0.1) is 0 Å². The van der Waals surface area contributed by atoms with Crippen LogP contribution in [0.25, 0.3) is 0 Å². The number of hydrogen-bond acceptors (Lipinski definition) is 4. The number of hydrogen-bond donors (Lipinski definition) is 2. The van der Waals surface area contributed by atoms with Gasteiger partial charge in [0.15, 0.2) is 5.13 Å². The molecular weight excluding hydrogens is 232 g/mol. The molecule has 0 aliphatic heterocycles. The van der Waals surface area contributed by atoms with E-state index < -0.39 is 6.10 Å². The zero-order valence-corrected chi connectivity index (χ0v) is 9.29. The molecule has 0 spiro atoms. The zero-order chi connectivity index (χ0) is 10.8. The third-order valence-corrected chi connectivity index (χ3v) is 3.23. The van der Waals surface area contributed by atoms with E-state index in [9.17, 15) is 5.11 Å². The number of halogens is 1. The molecule has 0 saturated carbocycles. The molecule has 0 fully saturated rings. The number of thiazole rings is 1. The van der Waals surface area contributed by atoms with Crippen LogP contribution in [-0.4, -0.2) is 10.1 Å². The summed E-state index contributed by atoms with van der Waals surface area (Å²) in [5.41, 5.74) is 6.17. The average molecular weight is 241 g/mol. The summed E-state index contributed by atoms with van der Waals surface area (Å²) in [5, 5.41) is 11.0. The summed E-state index contributed by atoms with van der Waals surface area (Å²) in [5.74, 6) is 0.